The van der Waals surface area contributed by atoms with Crippen LogP contribution in [0.2, 0.25) is 0 Å². The van der Waals surface area contributed by atoms with E-state index in [2.05, 4.69) is 33.8 Å². The number of ether oxygens (including phenoxy) is 1. The van der Waals surface area contributed by atoms with Crippen LogP contribution in [0.5, 0.6) is 0 Å². The predicted molar refractivity (Wildman–Crippen MR) is 107 cm³/mol. The molecule has 4 nitrogen and oxygen atoms in total. The standard InChI is InChI=1S/C21H35O4P/c1-8-23-19(26(22,24-9-2)25-10-3)16-12-11-13-17-18(16)21(6,7)15-14-20(17,4)5/h11-13,19H,8-10,14-15H2,1-7H3. The SMILES string of the molecule is CCOC(c1cccc2c1C(C)(C)CCC2(C)C)P(=O)(OCC)OCC. The lowest BCUT2D eigenvalue weighted by Crippen LogP contribution is -2.35. The van der Waals surface area contributed by atoms with Gasteiger partial charge in [-0.2, -0.15) is 0 Å². The number of fused-ring (bicyclic) bond motifs is 1. The minimum atomic E-state index is -3.43. The second kappa shape index (κ2) is 8.14. The van der Waals surface area contributed by atoms with E-state index < -0.39 is 13.4 Å². The summed E-state index contributed by atoms with van der Waals surface area (Å²) in [4.78, 5) is 0. The van der Waals surface area contributed by atoms with Gasteiger partial charge < -0.3 is 13.8 Å². The summed E-state index contributed by atoms with van der Waals surface area (Å²) in [5, 5.41) is 0. The smallest absolute Gasteiger partial charge is 0.361 e. The highest BCUT2D eigenvalue weighted by atomic mass is 31.2. The molecule has 5 heteroatoms. The van der Waals surface area contributed by atoms with E-state index in [-0.39, 0.29) is 10.8 Å². The van der Waals surface area contributed by atoms with Gasteiger partial charge >= 0.3 is 7.60 Å². The van der Waals surface area contributed by atoms with Crippen molar-refractivity contribution >= 4 is 7.60 Å². The molecule has 2 rings (SSSR count). The molecule has 0 spiro atoms. The quantitative estimate of drug-likeness (QED) is 0.492. The Morgan fingerprint density at radius 2 is 1.54 bits per heavy atom. The van der Waals surface area contributed by atoms with Gasteiger partial charge in [0.2, 0.25) is 0 Å². The average molecular weight is 382 g/mol. The molecule has 0 saturated carbocycles. The molecule has 0 aliphatic heterocycles. The van der Waals surface area contributed by atoms with Gasteiger partial charge in [0.1, 0.15) is 0 Å². The number of hydrogen-bond donors (Lipinski definition) is 0. The normalized spacial score (nSPS) is 19.8. The van der Waals surface area contributed by atoms with Crippen molar-refractivity contribution in [1.29, 1.82) is 0 Å². The first-order chi connectivity index (χ1) is 12.1. The summed E-state index contributed by atoms with van der Waals surface area (Å²) in [7, 11) is -3.43. The molecule has 26 heavy (non-hydrogen) atoms. The van der Waals surface area contributed by atoms with Gasteiger partial charge in [0.25, 0.3) is 0 Å². The monoisotopic (exact) mass is 382 g/mol. The van der Waals surface area contributed by atoms with Crippen LogP contribution in [-0.2, 0) is 29.2 Å². The summed E-state index contributed by atoms with van der Waals surface area (Å²) < 4.78 is 30.9. The summed E-state index contributed by atoms with van der Waals surface area (Å²) in [5.41, 5.74) is 3.58. The lowest BCUT2D eigenvalue weighted by Gasteiger charge is -2.44. The third-order valence-electron chi connectivity index (χ3n) is 5.37. The second-order valence-corrected chi connectivity index (χ2v) is 10.3. The number of benzene rings is 1. The molecule has 1 aromatic carbocycles. The molecule has 0 heterocycles. The van der Waals surface area contributed by atoms with Crippen LogP contribution in [0, 0.1) is 0 Å². The number of rotatable bonds is 8. The Morgan fingerprint density at radius 1 is 0.962 bits per heavy atom. The van der Waals surface area contributed by atoms with Crippen molar-refractivity contribution in [3.8, 4) is 0 Å². The molecule has 1 atom stereocenters. The Morgan fingerprint density at radius 3 is 2.08 bits per heavy atom. The van der Waals surface area contributed by atoms with Gasteiger partial charge in [-0.15, -0.1) is 0 Å². The Balaban J connectivity index is 2.70. The highest BCUT2D eigenvalue weighted by Gasteiger charge is 2.45. The highest BCUT2D eigenvalue weighted by Crippen LogP contribution is 2.63. The lowest BCUT2D eigenvalue weighted by atomic mass is 9.62. The van der Waals surface area contributed by atoms with Crippen LogP contribution in [0.25, 0.3) is 0 Å². The molecule has 1 unspecified atom stereocenters. The van der Waals surface area contributed by atoms with Gasteiger partial charge in [-0.05, 0) is 61.1 Å². The topological polar surface area (TPSA) is 44.8 Å². The van der Waals surface area contributed by atoms with E-state index >= 15 is 0 Å². The zero-order valence-electron chi connectivity index (χ0n) is 17.4. The third kappa shape index (κ3) is 4.09. The number of hydrogen-bond acceptors (Lipinski definition) is 4. The first-order valence-electron chi connectivity index (χ1n) is 9.77. The van der Waals surface area contributed by atoms with Crippen molar-refractivity contribution in [3.63, 3.8) is 0 Å². The summed E-state index contributed by atoms with van der Waals surface area (Å²) in [6.07, 6.45) is 2.21. The molecule has 0 fully saturated rings. The van der Waals surface area contributed by atoms with Crippen molar-refractivity contribution in [2.45, 2.75) is 78.0 Å². The molecule has 0 saturated heterocycles. The molecule has 0 radical (unpaired) electrons. The average Bonchev–Trinajstić information content (AvgIpc) is 2.57. The maximum Gasteiger partial charge on any atom is 0.363 e. The van der Waals surface area contributed by atoms with Gasteiger partial charge in [-0.1, -0.05) is 45.9 Å². The zero-order valence-corrected chi connectivity index (χ0v) is 18.3. The van der Waals surface area contributed by atoms with Gasteiger partial charge in [0, 0.05) is 6.61 Å². The molecule has 0 bridgehead atoms. The van der Waals surface area contributed by atoms with Gasteiger partial charge in [-0.25, -0.2) is 0 Å². The maximum atomic E-state index is 13.6. The predicted octanol–water partition coefficient (Wildman–Crippen LogP) is 6.34. The van der Waals surface area contributed by atoms with E-state index in [1.165, 1.54) is 11.1 Å². The lowest BCUT2D eigenvalue weighted by molar-refractivity contribution is 0.0766. The Labute approximate surface area is 159 Å². The zero-order chi connectivity index (χ0) is 19.6. The highest BCUT2D eigenvalue weighted by molar-refractivity contribution is 7.54. The van der Waals surface area contributed by atoms with Crippen LogP contribution in [0.3, 0.4) is 0 Å². The summed E-state index contributed by atoms with van der Waals surface area (Å²) >= 11 is 0. The van der Waals surface area contributed by atoms with E-state index in [1.54, 1.807) is 0 Å². The van der Waals surface area contributed by atoms with E-state index in [9.17, 15) is 4.57 Å². The minimum absolute atomic E-state index is 0.0138. The maximum absolute atomic E-state index is 13.6. The summed E-state index contributed by atoms with van der Waals surface area (Å²) in [6, 6.07) is 6.29. The van der Waals surface area contributed by atoms with E-state index in [1.807, 2.05) is 32.9 Å². The molecule has 148 valence electrons. The largest absolute Gasteiger partial charge is 0.363 e. The van der Waals surface area contributed by atoms with Crippen molar-refractivity contribution in [1.82, 2.24) is 0 Å². The Kier molecular flexibility index (Phi) is 6.77. The van der Waals surface area contributed by atoms with E-state index in [4.69, 9.17) is 13.8 Å². The van der Waals surface area contributed by atoms with Crippen LogP contribution < -0.4 is 0 Å². The first-order valence-corrected chi connectivity index (χ1v) is 11.4. The van der Waals surface area contributed by atoms with Crippen molar-refractivity contribution in [2.24, 2.45) is 0 Å². The molecule has 1 aromatic rings. The van der Waals surface area contributed by atoms with E-state index in [0.717, 1.165) is 18.4 Å². The molecule has 0 aromatic heterocycles. The fraction of sp³-hybridized carbons (Fsp3) is 0.714. The molecular weight excluding hydrogens is 347 g/mol. The van der Waals surface area contributed by atoms with Gasteiger partial charge in [-0.3, -0.25) is 4.57 Å². The molecule has 0 amide bonds. The van der Waals surface area contributed by atoms with E-state index in [0.29, 0.717) is 19.8 Å². The Hall–Kier alpha value is -0.670. The minimum Gasteiger partial charge on any atom is -0.361 e. The summed E-state index contributed by atoms with van der Waals surface area (Å²) in [6.45, 7) is 15.8. The molecule has 1 aliphatic carbocycles. The fourth-order valence-corrected chi connectivity index (χ4v) is 5.97. The molecule has 1 aliphatic rings. The Bertz CT molecular complexity index is 656. The molecule has 0 N–H and O–H groups in total. The fourth-order valence-electron chi connectivity index (χ4n) is 4.02. The second-order valence-electron chi connectivity index (χ2n) is 8.22. The van der Waals surface area contributed by atoms with Crippen molar-refractivity contribution < 1.29 is 18.3 Å². The van der Waals surface area contributed by atoms with Crippen LogP contribution in [0.4, 0.5) is 0 Å². The molecular formula is C21H35O4P. The van der Waals surface area contributed by atoms with Gasteiger partial charge in [0.15, 0.2) is 5.85 Å². The first kappa shape index (κ1) is 21.6. The third-order valence-corrected chi connectivity index (χ3v) is 7.61. The van der Waals surface area contributed by atoms with Crippen LogP contribution in [0.15, 0.2) is 18.2 Å². The van der Waals surface area contributed by atoms with Crippen LogP contribution >= 0.6 is 7.60 Å². The van der Waals surface area contributed by atoms with Gasteiger partial charge in [0.05, 0.1) is 13.2 Å². The van der Waals surface area contributed by atoms with Crippen LogP contribution in [-0.4, -0.2) is 19.8 Å². The van der Waals surface area contributed by atoms with Crippen molar-refractivity contribution in [2.75, 3.05) is 19.8 Å². The van der Waals surface area contributed by atoms with Crippen molar-refractivity contribution in [3.05, 3.63) is 34.9 Å². The van der Waals surface area contributed by atoms with Crippen LogP contribution in [0.1, 0.15) is 83.8 Å². The summed E-state index contributed by atoms with van der Waals surface area (Å²) in [5.74, 6) is -0.699.